The molecule has 0 radical (unpaired) electrons. The van der Waals surface area contributed by atoms with Crippen LogP contribution in [0.15, 0.2) is 42.7 Å². The monoisotopic (exact) mass is 426 g/mol. The minimum atomic E-state index is -0.471. The summed E-state index contributed by atoms with van der Waals surface area (Å²) in [4.78, 5) is 16.5. The summed E-state index contributed by atoms with van der Waals surface area (Å²) in [7, 11) is 1.34. The van der Waals surface area contributed by atoms with Gasteiger partial charge < -0.3 is 28.1 Å². The number of pyridine rings is 1. The molecule has 0 unspecified atom stereocenters. The van der Waals surface area contributed by atoms with E-state index in [0.29, 0.717) is 30.3 Å². The van der Waals surface area contributed by atoms with Gasteiger partial charge in [-0.25, -0.2) is 9.78 Å². The SMILES string of the molecule is COC(=O)c1cc2cnc(C)n2cc1Oc1ccc(OCCOC2CCOCC2)cc1. The molecule has 31 heavy (non-hydrogen) atoms. The number of benzene rings is 1. The van der Waals surface area contributed by atoms with Crippen molar-refractivity contribution in [2.75, 3.05) is 33.5 Å². The number of methoxy groups -OCH3 is 1. The summed E-state index contributed by atoms with van der Waals surface area (Å²) in [5, 5.41) is 0. The largest absolute Gasteiger partial charge is 0.491 e. The summed E-state index contributed by atoms with van der Waals surface area (Å²) in [5.41, 5.74) is 1.12. The smallest absolute Gasteiger partial charge is 0.341 e. The Balaban J connectivity index is 1.38. The molecule has 4 rings (SSSR count). The van der Waals surface area contributed by atoms with E-state index in [1.54, 1.807) is 30.6 Å². The third-order valence-electron chi connectivity index (χ3n) is 5.15. The summed E-state index contributed by atoms with van der Waals surface area (Å²) < 4.78 is 29.6. The molecule has 2 aromatic heterocycles. The number of hydrogen-bond acceptors (Lipinski definition) is 7. The Labute approximate surface area is 180 Å². The maximum atomic E-state index is 12.2. The zero-order chi connectivity index (χ0) is 21.6. The molecule has 0 atom stereocenters. The molecule has 0 aliphatic carbocycles. The topological polar surface area (TPSA) is 80.5 Å². The van der Waals surface area contributed by atoms with E-state index >= 15 is 0 Å². The second-order valence-electron chi connectivity index (χ2n) is 7.25. The highest BCUT2D eigenvalue weighted by Gasteiger charge is 2.17. The van der Waals surface area contributed by atoms with Gasteiger partial charge in [0.2, 0.25) is 0 Å². The molecule has 0 N–H and O–H groups in total. The van der Waals surface area contributed by atoms with Crippen LogP contribution in [0, 0.1) is 6.92 Å². The van der Waals surface area contributed by atoms with Gasteiger partial charge in [-0.05, 0) is 50.1 Å². The zero-order valence-electron chi connectivity index (χ0n) is 17.7. The lowest BCUT2D eigenvalue weighted by molar-refractivity contribution is -0.0388. The minimum absolute atomic E-state index is 0.258. The maximum absolute atomic E-state index is 12.2. The first-order valence-electron chi connectivity index (χ1n) is 10.3. The highest BCUT2D eigenvalue weighted by molar-refractivity contribution is 5.93. The summed E-state index contributed by atoms with van der Waals surface area (Å²) in [6.45, 7) is 4.42. The molecule has 0 amide bonds. The fraction of sp³-hybridized carbons (Fsp3) is 0.391. The fourth-order valence-corrected chi connectivity index (χ4v) is 3.45. The number of hydrogen-bond donors (Lipinski definition) is 0. The van der Waals surface area contributed by atoms with Gasteiger partial charge in [-0.15, -0.1) is 0 Å². The average molecular weight is 426 g/mol. The van der Waals surface area contributed by atoms with Crippen LogP contribution in [-0.2, 0) is 14.2 Å². The van der Waals surface area contributed by atoms with Gasteiger partial charge >= 0.3 is 5.97 Å². The van der Waals surface area contributed by atoms with E-state index in [0.717, 1.165) is 43.1 Å². The molecule has 8 heteroatoms. The predicted molar refractivity (Wildman–Crippen MR) is 113 cm³/mol. The molecule has 0 bridgehead atoms. The first-order chi connectivity index (χ1) is 15.1. The maximum Gasteiger partial charge on any atom is 0.341 e. The van der Waals surface area contributed by atoms with Crippen LogP contribution < -0.4 is 9.47 Å². The highest BCUT2D eigenvalue weighted by Crippen LogP contribution is 2.29. The summed E-state index contributed by atoms with van der Waals surface area (Å²) in [6, 6.07) is 8.93. The Bertz CT molecular complexity index is 1020. The van der Waals surface area contributed by atoms with E-state index in [9.17, 15) is 4.79 Å². The first kappa shape index (κ1) is 21.1. The summed E-state index contributed by atoms with van der Waals surface area (Å²) >= 11 is 0. The molecule has 1 aromatic carbocycles. The standard InChI is InChI=1S/C23H26N2O6/c1-16-24-14-17-13-21(23(26)27-2)22(15-25(16)17)31-20-5-3-18(4-6-20)29-11-12-30-19-7-9-28-10-8-19/h3-6,13-15,19H,7-12H2,1-2H3. The van der Waals surface area contributed by atoms with Crippen LogP contribution in [0.4, 0.5) is 0 Å². The van der Waals surface area contributed by atoms with E-state index in [1.165, 1.54) is 7.11 Å². The highest BCUT2D eigenvalue weighted by atomic mass is 16.5. The number of imidazole rings is 1. The van der Waals surface area contributed by atoms with Crippen LogP contribution in [-0.4, -0.2) is 55.0 Å². The van der Waals surface area contributed by atoms with E-state index in [2.05, 4.69) is 4.98 Å². The molecule has 0 saturated carbocycles. The minimum Gasteiger partial charge on any atom is -0.491 e. The Morgan fingerprint density at radius 3 is 2.65 bits per heavy atom. The molecule has 8 nitrogen and oxygen atoms in total. The molecule has 3 heterocycles. The number of fused-ring (bicyclic) bond motifs is 1. The average Bonchev–Trinajstić information content (AvgIpc) is 3.17. The quantitative estimate of drug-likeness (QED) is 0.400. The molecule has 164 valence electrons. The van der Waals surface area contributed by atoms with Crippen LogP contribution >= 0.6 is 0 Å². The zero-order valence-corrected chi connectivity index (χ0v) is 17.7. The Kier molecular flexibility index (Phi) is 6.69. The second kappa shape index (κ2) is 9.80. The Hall–Kier alpha value is -3.10. The van der Waals surface area contributed by atoms with Gasteiger partial charge in [0, 0.05) is 13.2 Å². The number of carbonyl (C=O) groups is 1. The summed E-state index contributed by atoms with van der Waals surface area (Å²) in [5.74, 6) is 2.01. The molecule has 1 fully saturated rings. The van der Waals surface area contributed by atoms with Gasteiger partial charge in [-0.2, -0.15) is 0 Å². The number of ether oxygens (including phenoxy) is 5. The molecule has 1 aliphatic rings. The van der Waals surface area contributed by atoms with Gasteiger partial charge in [0.15, 0.2) is 5.75 Å². The van der Waals surface area contributed by atoms with Gasteiger partial charge in [0.05, 0.1) is 37.7 Å². The molecule has 1 saturated heterocycles. The van der Waals surface area contributed by atoms with Crippen LogP contribution in [0.2, 0.25) is 0 Å². The van der Waals surface area contributed by atoms with E-state index < -0.39 is 5.97 Å². The number of esters is 1. The molecular weight excluding hydrogens is 400 g/mol. The van der Waals surface area contributed by atoms with E-state index in [4.69, 9.17) is 23.7 Å². The van der Waals surface area contributed by atoms with Crippen LogP contribution in [0.5, 0.6) is 17.2 Å². The lowest BCUT2D eigenvalue weighted by Crippen LogP contribution is -2.25. The van der Waals surface area contributed by atoms with Gasteiger partial charge in [-0.3, -0.25) is 0 Å². The summed E-state index contributed by atoms with van der Waals surface area (Å²) in [6.07, 6.45) is 5.56. The lowest BCUT2D eigenvalue weighted by Gasteiger charge is -2.22. The third kappa shape index (κ3) is 5.15. The van der Waals surface area contributed by atoms with Crippen molar-refractivity contribution in [2.45, 2.75) is 25.9 Å². The predicted octanol–water partition coefficient (Wildman–Crippen LogP) is 3.80. The van der Waals surface area contributed by atoms with Crippen LogP contribution in [0.1, 0.15) is 29.0 Å². The number of nitrogens with zero attached hydrogens (tertiary/aromatic N) is 2. The fourth-order valence-electron chi connectivity index (χ4n) is 3.45. The van der Waals surface area contributed by atoms with E-state index in [1.807, 2.05) is 23.5 Å². The molecular formula is C23H26N2O6. The van der Waals surface area contributed by atoms with Crippen molar-refractivity contribution in [2.24, 2.45) is 0 Å². The van der Waals surface area contributed by atoms with Crippen LogP contribution in [0.3, 0.4) is 0 Å². The normalized spacial score (nSPS) is 14.5. The molecule has 3 aromatic rings. The van der Waals surface area contributed by atoms with E-state index in [-0.39, 0.29) is 6.10 Å². The van der Waals surface area contributed by atoms with Crippen molar-refractivity contribution < 1.29 is 28.5 Å². The van der Waals surface area contributed by atoms with Crippen molar-refractivity contribution in [1.29, 1.82) is 0 Å². The van der Waals surface area contributed by atoms with Crippen molar-refractivity contribution in [3.63, 3.8) is 0 Å². The number of aromatic nitrogens is 2. The van der Waals surface area contributed by atoms with Crippen molar-refractivity contribution in [3.8, 4) is 17.2 Å². The number of rotatable bonds is 8. The van der Waals surface area contributed by atoms with Gasteiger partial charge in [0.25, 0.3) is 0 Å². The Morgan fingerprint density at radius 2 is 1.90 bits per heavy atom. The van der Waals surface area contributed by atoms with Crippen molar-refractivity contribution in [3.05, 3.63) is 54.1 Å². The van der Waals surface area contributed by atoms with Gasteiger partial charge in [0.1, 0.15) is 29.5 Å². The third-order valence-corrected chi connectivity index (χ3v) is 5.15. The van der Waals surface area contributed by atoms with Gasteiger partial charge in [-0.1, -0.05) is 0 Å². The molecule has 0 spiro atoms. The number of aryl methyl sites for hydroxylation is 1. The van der Waals surface area contributed by atoms with Crippen LogP contribution in [0.25, 0.3) is 5.52 Å². The number of carbonyl (C=O) groups excluding carboxylic acids is 1. The Morgan fingerprint density at radius 1 is 1.16 bits per heavy atom. The molecule has 1 aliphatic heterocycles. The first-order valence-corrected chi connectivity index (χ1v) is 10.3. The van der Waals surface area contributed by atoms with Crippen molar-refractivity contribution in [1.82, 2.24) is 9.38 Å². The van der Waals surface area contributed by atoms with Crippen molar-refractivity contribution >= 4 is 11.5 Å². The lowest BCUT2D eigenvalue weighted by atomic mass is 10.2. The second-order valence-corrected chi connectivity index (χ2v) is 7.25.